The van der Waals surface area contributed by atoms with Crippen molar-refractivity contribution in [2.75, 3.05) is 4.90 Å². The number of carbonyl (C=O) groups excluding carboxylic acids is 1. The molecule has 0 saturated carbocycles. The van der Waals surface area contributed by atoms with Crippen molar-refractivity contribution < 1.29 is 4.79 Å². The van der Waals surface area contributed by atoms with Gasteiger partial charge >= 0.3 is 0 Å². The first kappa shape index (κ1) is 17.8. The van der Waals surface area contributed by atoms with Crippen LogP contribution in [-0.2, 0) is 10.3 Å². The van der Waals surface area contributed by atoms with Crippen molar-refractivity contribution in [2.45, 2.75) is 53.5 Å². The first-order chi connectivity index (χ1) is 11.2. The summed E-state index contributed by atoms with van der Waals surface area (Å²) in [5, 5.41) is 0. The summed E-state index contributed by atoms with van der Waals surface area (Å²) in [4.78, 5) is 16.5. The van der Waals surface area contributed by atoms with Gasteiger partial charge < -0.3 is 4.90 Å². The number of rotatable bonds is 2. The molecule has 0 unspecified atom stereocenters. The summed E-state index contributed by atoms with van der Waals surface area (Å²) >= 11 is 5.64. The Bertz CT molecular complexity index is 875. The zero-order valence-corrected chi connectivity index (χ0v) is 17.5. The van der Waals surface area contributed by atoms with E-state index in [1.165, 1.54) is 16.0 Å². The summed E-state index contributed by atoms with van der Waals surface area (Å²) in [7, 11) is 3.36. The van der Waals surface area contributed by atoms with E-state index in [1.54, 1.807) is 20.7 Å². The van der Waals surface area contributed by atoms with Crippen LogP contribution >= 0.6 is 32.9 Å². The van der Waals surface area contributed by atoms with Crippen molar-refractivity contribution >= 4 is 44.5 Å². The number of hydrogen-bond acceptors (Lipinski definition) is 4. The molecule has 2 aromatic rings. The molecule has 0 bridgehead atoms. The van der Waals surface area contributed by atoms with Crippen LogP contribution in [0.15, 0.2) is 12.1 Å². The fourth-order valence-corrected chi connectivity index (χ4v) is 6.79. The van der Waals surface area contributed by atoms with Crippen molar-refractivity contribution in [1.29, 1.82) is 0 Å². The Morgan fingerprint density at radius 1 is 1.29 bits per heavy atom. The highest BCUT2D eigenvalue weighted by atomic mass is 32.9. The van der Waals surface area contributed by atoms with Crippen molar-refractivity contribution in [3.63, 3.8) is 0 Å². The molecule has 0 radical (unpaired) electrons. The summed E-state index contributed by atoms with van der Waals surface area (Å²) in [6.07, 6.45) is 0.845. The highest BCUT2D eigenvalue weighted by Gasteiger charge is 2.44. The lowest BCUT2D eigenvalue weighted by atomic mass is 9.84. The van der Waals surface area contributed by atoms with E-state index in [0.717, 1.165) is 27.1 Å². The first-order valence-electron chi connectivity index (χ1n) is 8.29. The Balaban J connectivity index is 2.38. The molecule has 1 aromatic carbocycles. The number of nitrogens with zero attached hydrogens (tertiary/aromatic N) is 1. The van der Waals surface area contributed by atoms with Crippen LogP contribution in [0.2, 0.25) is 0 Å². The fraction of sp³-hybridized carbons (Fsp3) is 0.474. The highest BCUT2D eigenvalue weighted by Crippen LogP contribution is 2.53. The van der Waals surface area contributed by atoms with Crippen molar-refractivity contribution in [3.8, 4) is 11.1 Å². The maximum Gasteiger partial charge on any atom is 0.230 e. The van der Waals surface area contributed by atoms with E-state index >= 15 is 0 Å². The van der Waals surface area contributed by atoms with E-state index in [0.29, 0.717) is 0 Å². The minimum absolute atomic E-state index is 0.00554. The molecule has 0 spiro atoms. The Labute approximate surface area is 156 Å². The average Bonchev–Trinajstić information content (AvgIpc) is 2.90. The average molecular weight is 378 g/mol. The number of aryl methyl sites for hydroxylation is 2. The van der Waals surface area contributed by atoms with Gasteiger partial charge in [0.2, 0.25) is 5.91 Å². The molecule has 0 aliphatic carbocycles. The lowest BCUT2D eigenvalue weighted by Crippen LogP contribution is -2.50. The van der Waals surface area contributed by atoms with Crippen LogP contribution in [0.5, 0.6) is 0 Å². The molecule has 2 nitrogen and oxygen atoms in total. The molecule has 1 amide bonds. The summed E-state index contributed by atoms with van der Waals surface area (Å²) in [5.74, 6) is 0.205. The lowest BCUT2D eigenvalue weighted by Gasteiger charge is -2.45. The Hall–Kier alpha value is -1.04. The second kappa shape index (κ2) is 6.04. The number of carbonyl (C=O) groups is 1. The molecule has 3 rings (SSSR count). The van der Waals surface area contributed by atoms with Crippen molar-refractivity contribution in [2.24, 2.45) is 5.92 Å². The van der Waals surface area contributed by atoms with Crippen LogP contribution in [0.1, 0.15) is 50.1 Å². The molecule has 1 aromatic heterocycles. The van der Waals surface area contributed by atoms with Gasteiger partial charge in [-0.25, -0.2) is 0 Å². The third kappa shape index (κ3) is 2.49. The molecule has 1 aliphatic heterocycles. The minimum Gasteiger partial charge on any atom is -0.301 e. The quantitative estimate of drug-likeness (QED) is 0.443. The topological polar surface area (TPSA) is 20.3 Å². The van der Waals surface area contributed by atoms with Gasteiger partial charge in [-0.15, -0.1) is 0 Å². The van der Waals surface area contributed by atoms with Crippen LogP contribution in [0.3, 0.4) is 0 Å². The van der Waals surface area contributed by atoms with Crippen LogP contribution in [0, 0.1) is 23.6 Å². The Kier molecular flexibility index (Phi) is 4.47. The number of amides is 1. The summed E-state index contributed by atoms with van der Waals surface area (Å²) in [5.41, 5.74) is 5.31. The van der Waals surface area contributed by atoms with Gasteiger partial charge in [-0.2, -0.15) is 0 Å². The molecule has 128 valence electrons. The predicted molar refractivity (Wildman–Crippen MR) is 108 cm³/mol. The van der Waals surface area contributed by atoms with E-state index < -0.39 is 0 Å². The normalized spacial score (nSPS) is 16.5. The molecule has 0 N–H and O–H groups in total. The molecule has 5 heteroatoms. The van der Waals surface area contributed by atoms with Crippen molar-refractivity contribution in [1.82, 2.24) is 0 Å². The smallest absolute Gasteiger partial charge is 0.230 e. The zero-order chi connectivity index (χ0) is 17.8. The van der Waals surface area contributed by atoms with Crippen LogP contribution in [0.4, 0.5) is 5.69 Å². The summed E-state index contributed by atoms with van der Waals surface area (Å²) in [6, 6.07) is 4.35. The number of hydrogen-bond donors (Lipinski definition) is 0. The second-order valence-corrected chi connectivity index (χ2v) is 9.99. The lowest BCUT2D eigenvalue weighted by molar-refractivity contribution is -0.123. The van der Waals surface area contributed by atoms with Crippen LogP contribution in [0.25, 0.3) is 11.1 Å². The Morgan fingerprint density at radius 2 is 1.96 bits per heavy atom. The van der Waals surface area contributed by atoms with E-state index in [4.69, 9.17) is 12.2 Å². The maximum atomic E-state index is 13.3. The predicted octanol–water partition coefficient (Wildman–Crippen LogP) is 6.45. The molecule has 0 fully saturated rings. The van der Waals surface area contributed by atoms with E-state index in [1.807, 2.05) is 11.8 Å². The Morgan fingerprint density at radius 3 is 2.58 bits per heavy atom. The molecule has 1 aliphatic rings. The van der Waals surface area contributed by atoms with E-state index in [-0.39, 0.29) is 17.4 Å². The van der Waals surface area contributed by atoms with Gasteiger partial charge in [0, 0.05) is 17.0 Å². The number of benzene rings is 1. The van der Waals surface area contributed by atoms with Crippen molar-refractivity contribution in [3.05, 3.63) is 32.0 Å². The molecule has 2 heterocycles. The largest absolute Gasteiger partial charge is 0.301 e. The monoisotopic (exact) mass is 377 g/mol. The number of anilines is 1. The van der Waals surface area contributed by atoms with Gasteiger partial charge in [-0.3, -0.25) is 4.79 Å². The van der Waals surface area contributed by atoms with Gasteiger partial charge in [0.1, 0.15) is 3.82 Å². The van der Waals surface area contributed by atoms with Gasteiger partial charge in [-0.05, 0) is 45.7 Å². The van der Waals surface area contributed by atoms with Gasteiger partial charge in [0.05, 0.1) is 16.1 Å². The maximum absolute atomic E-state index is 13.3. The highest BCUT2D eigenvalue weighted by molar-refractivity contribution is 7.80. The molecule has 1 atom stereocenters. The van der Waals surface area contributed by atoms with E-state index in [9.17, 15) is 4.79 Å². The third-order valence-corrected chi connectivity index (χ3v) is 8.27. The van der Waals surface area contributed by atoms with Crippen LogP contribution < -0.4 is 4.90 Å². The van der Waals surface area contributed by atoms with Gasteiger partial charge in [0.25, 0.3) is 0 Å². The van der Waals surface area contributed by atoms with Gasteiger partial charge in [0.15, 0.2) is 0 Å². The first-order valence-corrected chi connectivity index (χ1v) is 10.8. The SMILES string of the molecule is CC[C@@H](C)C(=O)N1c2c(C)cc(C)cc2-c2c(ssc2=S)C1(C)C. The molecular formula is C19H23NOS3. The fourth-order valence-electron chi connectivity index (χ4n) is 3.50. The second-order valence-electron chi connectivity index (χ2n) is 7.18. The summed E-state index contributed by atoms with van der Waals surface area (Å²) < 4.78 is 0.935. The molecular weight excluding hydrogens is 354 g/mol. The summed E-state index contributed by atoms with van der Waals surface area (Å²) in [6.45, 7) is 12.6. The van der Waals surface area contributed by atoms with Gasteiger partial charge in [-0.1, -0.05) is 58.4 Å². The third-order valence-electron chi connectivity index (χ3n) is 4.94. The standard InChI is InChI=1S/C19H23NOS3/c1-7-11(3)17(21)20-15-12(4)8-10(2)9-13(15)14-16(19(20,5)6)23-24-18(14)22/h8-9,11H,7H2,1-6H3/t11-/m1/s1. The van der Waals surface area contributed by atoms with Crippen LogP contribution in [-0.4, -0.2) is 5.91 Å². The minimum atomic E-state index is -0.374. The number of fused-ring (bicyclic) bond motifs is 3. The zero-order valence-electron chi connectivity index (χ0n) is 15.0. The van der Waals surface area contributed by atoms with E-state index in [2.05, 4.69) is 46.8 Å². The molecule has 0 saturated heterocycles. The molecule has 24 heavy (non-hydrogen) atoms.